The van der Waals surface area contributed by atoms with Gasteiger partial charge in [-0.1, -0.05) is 30.3 Å². The maximum atomic E-state index is 9.28. The second-order valence-electron chi connectivity index (χ2n) is 6.97. The molecule has 0 spiro atoms. The van der Waals surface area contributed by atoms with Crippen molar-refractivity contribution in [2.75, 3.05) is 13.1 Å². The first-order valence-corrected chi connectivity index (χ1v) is 8.77. The van der Waals surface area contributed by atoms with E-state index < -0.39 is 0 Å². The van der Waals surface area contributed by atoms with Gasteiger partial charge in [-0.3, -0.25) is 4.90 Å². The van der Waals surface area contributed by atoms with Crippen LogP contribution in [0, 0.1) is 5.92 Å². The molecule has 1 saturated heterocycles. The topological polar surface area (TPSA) is 39.3 Å². The fourth-order valence-electron chi connectivity index (χ4n) is 3.87. The maximum Gasteiger partial charge on any atom is 0.0681 e. The molecule has 1 aliphatic rings. The molecule has 0 aliphatic carbocycles. The van der Waals surface area contributed by atoms with Gasteiger partial charge in [0.2, 0.25) is 0 Å². The molecular formula is C21H24N2O. The van der Waals surface area contributed by atoms with Gasteiger partial charge < -0.3 is 10.1 Å². The van der Waals surface area contributed by atoms with Gasteiger partial charge in [-0.05, 0) is 65.6 Å². The lowest BCUT2D eigenvalue weighted by Gasteiger charge is -2.16. The summed E-state index contributed by atoms with van der Waals surface area (Å²) in [6.45, 7) is 3.50. The number of hydrogen-bond donors (Lipinski definition) is 2. The molecule has 124 valence electrons. The van der Waals surface area contributed by atoms with Gasteiger partial charge in [0.25, 0.3) is 0 Å². The SMILES string of the molecule is OCc1cccc(CC2CCN(Cc3ccc4[nH]ccc4c3)C2)c1. The Hall–Kier alpha value is -2.10. The highest BCUT2D eigenvalue weighted by Gasteiger charge is 2.22. The van der Waals surface area contributed by atoms with Crippen molar-refractivity contribution in [3.8, 4) is 0 Å². The summed E-state index contributed by atoms with van der Waals surface area (Å²) >= 11 is 0. The fraction of sp³-hybridized carbons (Fsp3) is 0.333. The van der Waals surface area contributed by atoms with E-state index in [9.17, 15) is 5.11 Å². The number of rotatable bonds is 5. The highest BCUT2D eigenvalue weighted by atomic mass is 16.3. The molecular weight excluding hydrogens is 296 g/mol. The van der Waals surface area contributed by atoms with Crippen LogP contribution in [0.3, 0.4) is 0 Å². The Morgan fingerprint density at radius 1 is 1.04 bits per heavy atom. The summed E-state index contributed by atoms with van der Waals surface area (Å²) in [5.41, 5.74) is 4.97. The maximum absolute atomic E-state index is 9.28. The van der Waals surface area contributed by atoms with Gasteiger partial charge in [0.05, 0.1) is 6.61 Å². The average molecular weight is 320 g/mol. The molecule has 2 heterocycles. The largest absolute Gasteiger partial charge is 0.392 e. The fourth-order valence-corrected chi connectivity index (χ4v) is 3.87. The van der Waals surface area contributed by atoms with Gasteiger partial charge in [-0.2, -0.15) is 0 Å². The van der Waals surface area contributed by atoms with Gasteiger partial charge in [0.1, 0.15) is 0 Å². The third kappa shape index (κ3) is 3.37. The third-order valence-corrected chi connectivity index (χ3v) is 5.09. The number of aromatic nitrogens is 1. The van der Waals surface area contributed by atoms with Gasteiger partial charge in [0, 0.05) is 24.8 Å². The summed E-state index contributed by atoms with van der Waals surface area (Å²) in [5.74, 6) is 0.718. The van der Waals surface area contributed by atoms with Gasteiger partial charge in [0.15, 0.2) is 0 Å². The molecule has 0 radical (unpaired) electrons. The quantitative estimate of drug-likeness (QED) is 0.752. The number of aromatic amines is 1. The van der Waals surface area contributed by atoms with E-state index in [-0.39, 0.29) is 6.61 Å². The monoisotopic (exact) mass is 320 g/mol. The van der Waals surface area contributed by atoms with Gasteiger partial charge in [-0.15, -0.1) is 0 Å². The predicted molar refractivity (Wildman–Crippen MR) is 97.8 cm³/mol. The molecule has 3 nitrogen and oxygen atoms in total. The summed E-state index contributed by atoms with van der Waals surface area (Å²) in [6, 6.07) is 17.2. The van der Waals surface area contributed by atoms with Crippen LogP contribution in [0.2, 0.25) is 0 Å². The van der Waals surface area contributed by atoms with Crippen LogP contribution in [0.15, 0.2) is 54.7 Å². The molecule has 2 N–H and O–H groups in total. The zero-order chi connectivity index (χ0) is 16.4. The molecule has 1 unspecified atom stereocenters. The minimum Gasteiger partial charge on any atom is -0.392 e. The van der Waals surface area contributed by atoms with Crippen molar-refractivity contribution in [3.63, 3.8) is 0 Å². The second kappa shape index (κ2) is 6.80. The number of hydrogen-bond acceptors (Lipinski definition) is 2. The van der Waals surface area contributed by atoms with Crippen LogP contribution in [-0.2, 0) is 19.6 Å². The standard InChI is InChI=1S/C21H24N2O/c24-15-19-3-1-2-16(11-19)10-18-7-9-23(14-18)13-17-4-5-21-20(12-17)6-8-22-21/h1-6,8,11-12,18,22,24H,7,9-10,13-15H2. The third-order valence-electron chi connectivity index (χ3n) is 5.09. The van der Waals surface area contributed by atoms with Crippen LogP contribution in [0.4, 0.5) is 0 Å². The minimum atomic E-state index is 0.131. The first-order valence-electron chi connectivity index (χ1n) is 8.77. The lowest BCUT2D eigenvalue weighted by Crippen LogP contribution is -2.20. The second-order valence-corrected chi connectivity index (χ2v) is 6.97. The van der Waals surface area contributed by atoms with Crippen molar-refractivity contribution < 1.29 is 5.11 Å². The van der Waals surface area contributed by atoms with Crippen molar-refractivity contribution in [2.24, 2.45) is 5.92 Å². The lowest BCUT2D eigenvalue weighted by molar-refractivity contribution is 0.281. The Morgan fingerprint density at radius 2 is 1.96 bits per heavy atom. The lowest BCUT2D eigenvalue weighted by atomic mass is 9.97. The minimum absolute atomic E-state index is 0.131. The molecule has 3 heteroatoms. The van der Waals surface area contributed by atoms with E-state index in [4.69, 9.17) is 0 Å². The molecule has 0 bridgehead atoms. The average Bonchev–Trinajstić information content (AvgIpc) is 3.24. The highest BCUT2D eigenvalue weighted by molar-refractivity contribution is 5.79. The molecule has 1 aliphatic heterocycles. The zero-order valence-corrected chi connectivity index (χ0v) is 13.9. The summed E-state index contributed by atoms with van der Waals surface area (Å²) in [6.07, 6.45) is 4.37. The van der Waals surface area contributed by atoms with Crippen molar-refractivity contribution in [1.29, 1.82) is 0 Å². The van der Waals surface area contributed by atoms with E-state index >= 15 is 0 Å². The summed E-state index contributed by atoms with van der Waals surface area (Å²) in [4.78, 5) is 5.82. The van der Waals surface area contributed by atoms with Crippen LogP contribution in [-0.4, -0.2) is 28.1 Å². The molecule has 1 aromatic heterocycles. The number of nitrogens with one attached hydrogen (secondary N) is 1. The number of H-pyrrole nitrogens is 1. The van der Waals surface area contributed by atoms with E-state index in [1.165, 1.54) is 35.0 Å². The van der Waals surface area contributed by atoms with Crippen molar-refractivity contribution >= 4 is 10.9 Å². The van der Waals surface area contributed by atoms with E-state index in [1.807, 2.05) is 12.3 Å². The van der Waals surface area contributed by atoms with E-state index in [1.54, 1.807) is 0 Å². The normalized spacial score (nSPS) is 18.5. The first kappa shape index (κ1) is 15.4. The Kier molecular flexibility index (Phi) is 4.37. The summed E-state index contributed by atoms with van der Waals surface area (Å²) in [5, 5.41) is 10.6. The number of benzene rings is 2. The van der Waals surface area contributed by atoms with Crippen LogP contribution < -0.4 is 0 Å². The summed E-state index contributed by atoms with van der Waals surface area (Å²) < 4.78 is 0. The van der Waals surface area contributed by atoms with Crippen LogP contribution in [0.25, 0.3) is 10.9 Å². The Morgan fingerprint density at radius 3 is 2.88 bits per heavy atom. The van der Waals surface area contributed by atoms with Crippen LogP contribution in [0.5, 0.6) is 0 Å². The van der Waals surface area contributed by atoms with E-state index in [0.29, 0.717) is 0 Å². The molecule has 1 atom stereocenters. The predicted octanol–water partition coefficient (Wildman–Crippen LogP) is 3.72. The molecule has 2 aromatic carbocycles. The molecule has 0 amide bonds. The Labute approximate surface area is 142 Å². The Bertz CT molecular complexity index is 823. The first-order chi connectivity index (χ1) is 11.8. The Balaban J connectivity index is 1.37. The van der Waals surface area contributed by atoms with Crippen molar-refractivity contribution in [1.82, 2.24) is 9.88 Å². The molecule has 1 fully saturated rings. The van der Waals surface area contributed by atoms with Gasteiger partial charge >= 0.3 is 0 Å². The molecule has 4 rings (SSSR count). The molecule has 3 aromatic rings. The van der Waals surface area contributed by atoms with Crippen LogP contribution in [0.1, 0.15) is 23.1 Å². The highest BCUT2D eigenvalue weighted by Crippen LogP contribution is 2.24. The zero-order valence-electron chi connectivity index (χ0n) is 13.9. The van der Waals surface area contributed by atoms with E-state index in [2.05, 4.69) is 52.3 Å². The van der Waals surface area contributed by atoms with Crippen molar-refractivity contribution in [2.45, 2.75) is 26.0 Å². The van der Waals surface area contributed by atoms with Crippen molar-refractivity contribution in [3.05, 3.63) is 71.4 Å². The number of aliphatic hydroxyl groups is 1. The number of likely N-dealkylation sites (tertiary alicyclic amines) is 1. The molecule has 0 saturated carbocycles. The van der Waals surface area contributed by atoms with E-state index in [0.717, 1.165) is 31.0 Å². The summed E-state index contributed by atoms with van der Waals surface area (Å²) in [7, 11) is 0. The number of nitrogens with zero attached hydrogens (tertiary/aromatic N) is 1. The smallest absolute Gasteiger partial charge is 0.0681 e. The van der Waals surface area contributed by atoms with Crippen LogP contribution >= 0.6 is 0 Å². The molecule has 24 heavy (non-hydrogen) atoms. The van der Waals surface area contributed by atoms with Gasteiger partial charge in [-0.25, -0.2) is 0 Å². The number of aliphatic hydroxyl groups excluding tert-OH is 1. The number of fused-ring (bicyclic) bond motifs is 1.